The highest BCUT2D eigenvalue weighted by molar-refractivity contribution is 7.13. The predicted octanol–water partition coefficient (Wildman–Crippen LogP) is 2.90. The van der Waals surface area contributed by atoms with Crippen molar-refractivity contribution in [2.45, 2.75) is 18.9 Å². The van der Waals surface area contributed by atoms with E-state index in [1.165, 1.54) is 11.3 Å². The van der Waals surface area contributed by atoms with Gasteiger partial charge in [0.1, 0.15) is 5.01 Å². The number of thiazole rings is 1. The molecule has 0 unspecified atom stereocenters. The van der Waals surface area contributed by atoms with Crippen molar-refractivity contribution in [3.63, 3.8) is 0 Å². The van der Waals surface area contributed by atoms with Crippen LogP contribution in [0.3, 0.4) is 0 Å². The highest BCUT2D eigenvalue weighted by atomic mass is 35.5. The first-order chi connectivity index (χ1) is 10.6. The van der Waals surface area contributed by atoms with Crippen molar-refractivity contribution >= 4 is 34.8 Å². The lowest BCUT2D eigenvalue weighted by Crippen LogP contribution is -2.30. The summed E-state index contributed by atoms with van der Waals surface area (Å²) in [5.41, 5.74) is 1.03. The molecule has 1 N–H and O–H groups in total. The van der Waals surface area contributed by atoms with Crippen LogP contribution in [0.4, 0.5) is 0 Å². The van der Waals surface area contributed by atoms with Gasteiger partial charge in [-0.15, -0.1) is 11.3 Å². The maximum atomic E-state index is 11.9. The topological polar surface area (TPSA) is 68.3 Å². The molecule has 0 atom stereocenters. The minimum Gasteiger partial charge on any atom is -0.451 e. The smallest absolute Gasteiger partial charge is 0.358 e. The van der Waals surface area contributed by atoms with Crippen molar-refractivity contribution in [3.05, 3.63) is 40.4 Å². The van der Waals surface area contributed by atoms with Crippen LogP contribution in [-0.4, -0.2) is 29.5 Å². The van der Waals surface area contributed by atoms with Gasteiger partial charge in [0.2, 0.25) is 0 Å². The second-order valence-electron chi connectivity index (χ2n) is 4.97. The molecule has 0 radical (unpaired) electrons. The van der Waals surface area contributed by atoms with E-state index in [0.29, 0.717) is 10.0 Å². The maximum Gasteiger partial charge on any atom is 0.358 e. The molecule has 0 aliphatic heterocycles. The zero-order valence-corrected chi connectivity index (χ0v) is 13.1. The fraction of sp³-hybridized carbons (Fsp3) is 0.267. The van der Waals surface area contributed by atoms with Crippen molar-refractivity contribution in [1.29, 1.82) is 0 Å². The summed E-state index contributed by atoms with van der Waals surface area (Å²) in [7, 11) is 0. The lowest BCUT2D eigenvalue weighted by Gasteiger charge is -2.03. The van der Waals surface area contributed by atoms with E-state index in [2.05, 4.69) is 10.3 Å². The number of benzene rings is 1. The van der Waals surface area contributed by atoms with Crippen molar-refractivity contribution in [2.75, 3.05) is 6.61 Å². The van der Waals surface area contributed by atoms with Crippen molar-refractivity contribution in [3.8, 4) is 10.6 Å². The number of ether oxygens (including phenoxy) is 1. The molecule has 1 aliphatic rings. The summed E-state index contributed by atoms with van der Waals surface area (Å²) in [5, 5.41) is 5.64. The molecule has 1 aliphatic carbocycles. The van der Waals surface area contributed by atoms with Crippen molar-refractivity contribution in [2.24, 2.45) is 0 Å². The molecule has 1 aromatic heterocycles. The average molecular weight is 337 g/mol. The molecule has 0 saturated heterocycles. The first-order valence-corrected chi connectivity index (χ1v) is 8.05. The van der Waals surface area contributed by atoms with Crippen LogP contribution in [0.1, 0.15) is 23.3 Å². The van der Waals surface area contributed by atoms with Crippen LogP contribution in [0, 0.1) is 0 Å². The molecular weight excluding hydrogens is 324 g/mol. The number of hydrogen-bond acceptors (Lipinski definition) is 5. The Labute approximate surface area is 136 Å². The summed E-state index contributed by atoms with van der Waals surface area (Å²) in [4.78, 5) is 27.6. The van der Waals surface area contributed by atoms with Crippen LogP contribution >= 0.6 is 22.9 Å². The molecule has 3 rings (SSSR count). The molecule has 5 nitrogen and oxygen atoms in total. The monoisotopic (exact) mass is 336 g/mol. The SMILES string of the molecule is O=C(COC(=O)c1csc(-c2cccc(Cl)c2)n1)NC1CC1. The quantitative estimate of drug-likeness (QED) is 0.852. The van der Waals surface area contributed by atoms with Crippen LogP contribution in [0.15, 0.2) is 29.6 Å². The van der Waals surface area contributed by atoms with E-state index in [-0.39, 0.29) is 24.2 Å². The standard InChI is InChI=1S/C15H13ClN2O3S/c16-10-3-1-2-9(6-10)14-18-12(8-22-14)15(20)21-7-13(19)17-11-4-5-11/h1-3,6,8,11H,4-5,7H2,(H,17,19). The van der Waals surface area contributed by atoms with Crippen molar-refractivity contribution < 1.29 is 14.3 Å². The number of amides is 1. The van der Waals surface area contributed by atoms with Gasteiger partial charge >= 0.3 is 5.97 Å². The highest BCUT2D eigenvalue weighted by Crippen LogP contribution is 2.26. The molecule has 1 fully saturated rings. The van der Waals surface area contributed by atoms with Crippen LogP contribution < -0.4 is 5.32 Å². The molecule has 1 heterocycles. The molecule has 7 heteroatoms. The van der Waals surface area contributed by atoms with Crippen LogP contribution in [-0.2, 0) is 9.53 Å². The van der Waals surface area contributed by atoms with E-state index in [9.17, 15) is 9.59 Å². The number of nitrogens with one attached hydrogen (secondary N) is 1. The third-order valence-electron chi connectivity index (χ3n) is 3.06. The van der Waals surface area contributed by atoms with Gasteiger partial charge in [-0.3, -0.25) is 4.79 Å². The molecule has 1 aromatic carbocycles. The van der Waals surface area contributed by atoms with Crippen molar-refractivity contribution in [1.82, 2.24) is 10.3 Å². The predicted molar refractivity (Wildman–Crippen MR) is 84.0 cm³/mol. The third kappa shape index (κ3) is 3.84. The van der Waals surface area contributed by atoms with Gasteiger partial charge in [0.05, 0.1) is 0 Å². The summed E-state index contributed by atoms with van der Waals surface area (Å²) in [6.45, 7) is -0.278. The van der Waals surface area contributed by atoms with E-state index in [1.54, 1.807) is 17.5 Å². The zero-order valence-electron chi connectivity index (χ0n) is 11.5. The Bertz CT molecular complexity index is 712. The first kappa shape index (κ1) is 15.0. The van der Waals surface area contributed by atoms with Gasteiger partial charge in [0, 0.05) is 22.0 Å². The Morgan fingerprint density at radius 1 is 1.41 bits per heavy atom. The molecule has 22 heavy (non-hydrogen) atoms. The second-order valence-corrected chi connectivity index (χ2v) is 6.26. The Morgan fingerprint density at radius 2 is 2.23 bits per heavy atom. The molecule has 0 spiro atoms. The van der Waals surface area contributed by atoms with Gasteiger partial charge in [0.25, 0.3) is 5.91 Å². The number of nitrogens with zero attached hydrogens (tertiary/aromatic N) is 1. The van der Waals surface area contributed by atoms with E-state index in [0.717, 1.165) is 18.4 Å². The Balaban J connectivity index is 1.60. The summed E-state index contributed by atoms with van der Waals surface area (Å²) in [6.07, 6.45) is 1.99. The van der Waals surface area contributed by atoms with Crippen LogP contribution in [0.25, 0.3) is 10.6 Å². The maximum absolute atomic E-state index is 11.9. The van der Waals surface area contributed by atoms with E-state index < -0.39 is 5.97 Å². The van der Waals surface area contributed by atoms with Gasteiger partial charge < -0.3 is 10.1 Å². The molecular formula is C15H13ClN2O3S. The number of esters is 1. The number of carbonyl (C=O) groups is 2. The minimum atomic E-state index is -0.601. The number of rotatable bonds is 5. The van der Waals surface area contributed by atoms with E-state index in [4.69, 9.17) is 16.3 Å². The Morgan fingerprint density at radius 3 is 2.95 bits per heavy atom. The number of hydrogen-bond donors (Lipinski definition) is 1. The zero-order chi connectivity index (χ0) is 15.5. The van der Waals surface area contributed by atoms with Gasteiger partial charge in [-0.1, -0.05) is 23.7 Å². The summed E-state index contributed by atoms with van der Waals surface area (Å²) >= 11 is 7.26. The van der Waals surface area contributed by atoms with Gasteiger partial charge in [-0.25, -0.2) is 9.78 Å². The fourth-order valence-electron chi connectivity index (χ4n) is 1.82. The number of aromatic nitrogens is 1. The van der Waals surface area contributed by atoms with Gasteiger partial charge in [-0.05, 0) is 25.0 Å². The van der Waals surface area contributed by atoms with Crippen LogP contribution in [0.5, 0.6) is 0 Å². The number of carbonyl (C=O) groups excluding carboxylic acids is 2. The molecule has 114 valence electrons. The van der Waals surface area contributed by atoms with E-state index in [1.807, 2.05) is 12.1 Å². The average Bonchev–Trinajstić information content (AvgIpc) is 3.17. The Kier molecular flexibility index (Phi) is 4.40. The molecule has 1 amide bonds. The minimum absolute atomic E-state index is 0.194. The molecule has 1 saturated carbocycles. The Hall–Kier alpha value is -1.92. The largest absolute Gasteiger partial charge is 0.451 e. The van der Waals surface area contributed by atoms with Gasteiger partial charge in [-0.2, -0.15) is 0 Å². The third-order valence-corrected chi connectivity index (χ3v) is 4.19. The molecule has 0 bridgehead atoms. The summed E-state index contributed by atoms with van der Waals surface area (Å²) in [6, 6.07) is 7.48. The number of halogens is 1. The molecule has 2 aromatic rings. The normalized spacial score (nSPS) is 13.7. The highest BCUT2D eigenvalue weighted by Gasteiger charge is 2.24. The van der Waals surface area contributed by atoms with E-state index >= 15 is 0 Å². The van der Waals surface area contributed by atoms with Gasteiger partial charge in [0.15, 0.2) is 12.3 Å². The van der Waals surface area contributed by atoms with Crippen LogP contribution in [0.2, 0.25) is 5.02 Å². The summed E-state index contributed by atoms with van der Waals surface area (Å²) in [5.74, 6) is -0.878. The lowest BCUT2D eigenvalue weighted by atomic mass is 10.2. The second kappa shape index (κ2) is 6.46. The lowest BCUT2D eigenvalue weighted by molar-refractivity contribution is -0.124. The fourth-order valence-corrected chi connectivity index (χ4v) is 2.80. The first-order valence-electron chi connectivity index (χ1n) is 6.80. The summed E-state index contributed by atoms with van der Waals surface area (Å²) < 4.78 is 4.96.